The van der Waals surface area contributed by atoms with Crippen molar-refractivity contribution in [3.63, 3.8) is 0 Å². The van der Waals surface area contributed by atoms with Gasteiger partial charge in [0.1, 0.15) is 12.1 Å². The number of thioether (sulfide) groups is 1. The van der Waals surface area contributed by atoms with Gasteiger partial charge in [-0.25, -0.2) is 14.5 Å². The van der Waals surface area contributed by atoms with Crippen molar-refractivity contribution in [1.29, 1.82) is 0 Å². The maximum Gasteiger partial charge on any atom is 0.573 e. The van der Waals surface area contributed by atoms with Crippen molar-refractivity contribution in [3.05, 3.63) is 89.2 Å². The number of hydrogen-bond acceptors (Lipinski definition) is 6. The largest absolute Gasteiger partial charge is 0.573 e. The van der Waals surface area contributed by atoms with E-state index in [1.165, 1.54) is 47.0 Å². The molecule has 232 valence electrons. The number of aliphatic imine (C=N–C) groups is 1. The smallest absolute Gasteiger partial charge is 0.406 e. The van der Waals surface area contributed by atoms with E-state index in [-0.39, 0.29) is 29.4 Å². The van der Waals surface area contributed by atoms with Crippen LogP contribution in [0.1, 0.15) is 42.0 Å². The zero-order valence-corrected chi connectivity index (χ0v) is 25.4. The fourth-order valence-corrected chi connectivity index (χ4v) is 6.35. The van der Waals surface area contributed by atoms with Crippen LogP contribution in [0.3, 0.4) is 0 Å². The standard InChI is InChI=1S/C32H29F3N6O3S/c1-18(2)26-11-4-19(3)12-27(26)41-28(42)16-45-31(41)38-30(43)37-23-14-20-5-6-21(13-22(20)15-23)29-36-17-40(39-29)24-7-9-25(10-8-24)44-32(33,34)35/h4-13,17-18,23H,14-16H2,1-3H3,(H,37,43). The van der Waals surface area contributed by atoms with Gasteiger partial charge in [0.25, 0.3) is 0 Å². The normalized spacial score (nSPS) is 17.3. The Bertz CT molecular complexity index is 1800. The minimum absolute atomic E-state index is 0.108. The number of nitrogens with zero attached hydrogens (tertiary/aromatic N) is 5. The van der Waals surface area contributed by atoms with Crippen LogP contribution in [0.5, 0.6) is 5.75 Å². The lowest BCUT2D eigenvalue weighted by Crippen LogP contribution is -2.36. The Hall–Kier alpha value is -4.65. The van der Waals surface area contributed by atoms with Crippen molar-refractivity contribution in [3.8, 4) is 22.8 Å². The summed E-state index contributed by atoms with van der Waals surface area (Å²) in [5.74, 6) is 0.429. The monoisotopic (exact) mass is 634 g/mol. The van der Waals surface area contributed by atoms with Gasteiger partial charge in [-0.05, 0) is 84.3 Å². The van der Waals surface area contributed by atoms with Gasteiger partial charge in [0, 0.05) is 11.6 Å². The van der Waals surface area contributed by atoms with Gasteiger partial charge in [-0.3, -0.25) is 9.69 Å². The minimum Gasteiger partial charge on any atom is -0.406 e. The molecule has 2 heterocycles. The van der Waals surface area contributed by atoms with Crippen LogP contribution in [0.2, 0.25) is 0 Å². The van der Waals surface area contributed by atoms with E-state index >= 15 is 0 Å². The Morgan fingerprint density at radius 1 is 1.07 bits per heavy atom. The Labute approximate surface area is 261 Å². The van der Waals surface area contributed by atoms with Crippen molar-refractivity contribution in [2.45, 2.75) is 51.9 Å². The van der Waals surface area contributed by atoms with Crippen molar-refractivity contribution in [2.24, 2.45) is 4.99 Å². The molecule has 45 heavy (non-hydrogen) atoms. The fraction of sp³-hybridized carbons (Fsp3) is 0.281. The number of nitrogens with one attached hydrogen (secondary N) is 1. The number of amides is 3. The molecule has 9 nitrogen and oxygen atoms in total. The highest BCUT2D eigenvalue weighted by atomic mass is 32.2. The van der Waals surface area contributed by atoms with Crippen LogP contribution in [0, 0.1) is 6.92 Å². The summed E-state index contributed by atoms with van der Waals surface area (Å²) in [4.78, 5) is 36.2. The average Bonchev–Trinajstić information content (AvgIpc) is 3.70. The van der Waals surface area contributed by atoms with E-state index in [4.69, 9.17) is 0 Å². The SMILES string of the molecule is Cc1ccc(C(C)C)c(N2C(=O)CSC2=NC(=O)NC2Cc3ccc(-c4ncn(-c5ccc(OC(F)(F)F)cc5)n4)cc3C2)c1. The molecule has 13 heteroatoms. The van der Waals surface area contributed by atoms with Gasteiger partial charge in [-0.15, -0.1) is 18.3 Å². The number of fused-ring (bicyclic) bond motifs is 1. The number of anilines is 1. The molecule has 1 unspecified atom stereocenters. The zero-order chi connectivity index (χ0) is 31.9. The zero-order valence-electron chi connectivity index (χ0n) is 24.6. The lowest BCUT2D eigenvalue weighted by molar-refractivity contribution is -0.274. The molecule has 1 aromatic heterocycles. The molecule has 0 bridgehead atoms. The first-order chi connectivity index (χ1) is 21.4. The number of halogens is 3. The number of amidine groups is 1. The predicted octanol–water partition coefficient (Wildman–Crippen LogP) is 6.58. The molecule has 1 N–H and O–H groups in total. The molecule has 4 aromatic rings. The third kappa shape index (κ3) is 6.72. The van der Waals surface area contributed by atoms with Crippen LogP contribution >= 0.6 is 11.8 Å². The third-order valence-corrected chi connectivity index (χ3v) is 8.49. The van der Waals surface area contributed by atoms with Crippen molar-refractivity contribution < 1.29 is 27.5 Å². The third-order valence-electron chi connectivity index (χ3n) is 7.56. The number of rotatable bonds is 6. The number of urea groups is 1. The Morgan fingerprint density at radius 2 is 1.82 bits per heavy atom. The second-order valence-corrected chi connectivity index (χ2v) is 12.2. The second kappa shape index (κ2) is 12.0. The maximum atomic E-state index is 13.1. The summed E-state index contributed by atoms with van der Waals surface area (Å²) in [7, 11) is 0. The van der Waals surface area contributed by atoms with Gasteiger partial charge in [-0.1, -0.05) is 49.9 Å². The summed E-state index contributed by atoms with van der Waals surface area (Å²) in [5, 5.41) is 7.85. The highest BCUT2D eigenvalue weighted by molar-refractivity contribution is 8.15. The van der Waals surface area contributed by atoms with Gasteiger partial charge in [0.2, 0.25) is 5.91 Å². The summed E-state index contributed by atoms with van der Waals surface area (Å²) >= 11 is 1.25. The summed E-state index contributed by atoms with van der Waals surface area (Å²) in [6.07, 6.45) is -2.06. The lowest BCUT2D eigenvalue weighted by atomic mass is 9.99. The average molecular weight is 635 g/mol. The van der Waals surface area contributed by atoms with Crippen molar-refractivity contribution in [2.75, 3.05) is 10.7 Å². The first-order valence-electron chi connectivity index (χ1n) is 14.3. The number of aryl methyl sites for hydroxylation is 1. The number of ether oxygens (including phenoxy) is 1. The summed E-state index contributed by atoms with van der Waals surface area (Å²) in [6.45, 7) is 6.10. The number of aromatic nitrogens is 3. The van der Waals surface area contributed by atoms with Crippen LogP contribution in [0.15, 0.2) is 72.0 Å². The Kier molecular flexibility index (Phi) is 8.12. The lowest BCUT2D eigenvalue weighted by Gasteiger charge is -2.22. The van der Waals surface area contributed by atoms with Gasteiger partial charge in [0.05, 0.1) is 17.1 Å². The topological polar surface area (TPSA) is 102 Å². The van der Waals surface area contributed by atoms with E-state index in [0.717, 1.165) is 33.5 Å². The Morgan fingerprint density at radius 3 is 2.56 bits per heavy atom. The van der Waals surface area contributed by atoms with Crippen molar-refractivity contribution >= 4 is 34.6 Å². The van der Waals surface area contributed by atoms with E-state index in [2.05, 4.69) is 39.0 Å². The van der Waals surface area contributed by atoms with E-state index in [9.17, 15) is 22.8 Å². The summed E-state index contributed by atoms with van der Waals surface area (Å²) in [6, 6.07) is 16.5. The quantitative estimate of drug-likeness (QED) is 0.257. The maximum absolute atomic E-state index is 13.1. The van der Waals surface area contributed by atoms with E-state index in [1.54, 1.807) is 4.90 Å². The molecule has 3 amide bonds. The number of carbonyl (C=O) groups excluding carboxylic acids is 2. The molecule has 0 radical (unpaired) electrons. The van der Waals surface area contributed by atoms with Gasteiger partial charge in [-0.2, -0.15) is 4.99 Å². The van der Waals surface area contributed by atoms with Crippen LogP contribution in [0.25, 0.3) is 17.1 Å². The first-order valence-corrected chi connectivity index (χ1v) is 15.3. The van der Waals surface area contributed by atoms with Gasteiger partial charge in [0.15, 0.2) is 11.0 Å². The molecular weight excluding hydrogens is 605 g/mol. The molecule has 2 aliphatic rings. The molecule has 1 atom stereocenters. The molecule has 6 rings (SSSR count). The Balaban J connectivity index is 1.13. The van der Waals surface area contributed by atoms with Crippen LogP contribution in [0.4, 0.5) is 23.7 Å². The van der Waals surface area contributed by atoms with Crippen LogP contribution in [-0.4, -0.2) is 50.0 Å². The molecule has 1 fully saturated rings. The van der Waals surface area contributed by atoms with Crippen LogP contribution in [-0.2, 0) is 17.6 Å². The highest BCUT2D eigenvalue weighted by Gasteiger charge is 2.33. The molecule has 0 saturated carbocycles. The number of benzene rings is 3. The number of carbonyl (C=O) groups is 2. The molecule has 0 spiro atoms. The van der Waals surface area contributed by atoms with Gasteiger partial charge < -0.3 is 10.1 Å². The van der Waals surface area contributed by atoms with Gasteiger partial charge >= 0.3 is 12.4 Å². The summed E-state index contributed by atoms with van der Waals surface area (Å²) in [5.41, 5.74) is 6.22. The van der Waals surface area contributed by atoms with Crippen LogP contribution < -0.4 is 15.0 Å². The highest BCUT2D eigenvalue weighted by Crippen LogP contribution is 2.34. The summed E-state index contributed by atoms with van der Waals surface area (Å²) < 4.78 is 42.8. The molecular formula is C32H29F3N6O3S. The second-order valence-electron chi connectivity index (χ2n) is 11.2. The molecule has 1 saturated heterocycles. The fourth-order valence-electron chi connectivity index (χ4n) is 5.49. The van der Waals surface area contributed by atoms with E-state index in [0.29, 0.717) is 29.5 Å². The van der Waals surface area contributed by atoms with Crippen molar-refractivity contribution in [1.82, 2.24) is 20.1 Å². The number of alkyl halides is 3. The van der Waals surface area contributed by atoms with E-state index < -0.39 is 12.4 Å². The molecule has 3 aromatic carbocycles. The molecule has 1 aliphatic carbocycles. The molecule has 1 aliphatic heterocycles. The first kappa shape index (κ1) is 30.4. The van der Waals surface area contributed by atoms with E-state index in [1.807, 2.05) is 43.3 Å². The predicted molar refractivity (Wildman–Crippen MR) is 166 cm³/mol. The number of hydrogen-bond donors (Lipinski definition) is 1. The minimum atomic E-state index is -4.76.